The van der Waals surface area contributed by atoms with E-state index in [1.54, 1.807) is 37.6 Å². The van der Waals surface area contributed by atoms with Crippen molar-refractivity contribution in [1.82, 2.24) is 10.3 Å². The van der Waals surface area contributed by atoms with Gasteiger partial charge in [0.15, 0.2) is 0 Å². The lowest BCUT2D eigenvalue weighted by molar-refractivity contribution is -0.123. The Bertz CT molecular complexity index is 674. The van der Waals surface area contributed by atoms with E-state index in [9.17, 15) is 9.59 Å². The smallest absolute Gasteiger partial charge is 0.240 e. The second-order valence-corrected chi connectivity index (χ2v) is 4.90. The molecule has 120 valence electrons. The Hall–Kier alpha value is -2.89. The van der Waals surface area contributed by atoms with E-state index in [0.717, 1.165) is 5.69 Å². The quantitative estimate of drug-likeness (QED) is 0.882. The third-order valence-corrected chi connectivity index (χ3v) is 3.24. The molecule has 1 N–H and O–H groups in total. The van der Waals surface area contributed by atoms with Crippen LogP contribution in [-0.4, -0.2) is 30.5 Å². The molecule has 23 heavy (non-hydrogen) atoms. The van der Waals surface area contributed by atoms with E-state index in [0.29, 0.717) is 18.0 Å². The fraction of sp³-hybridized carbons (Fsp3) is 0.235. The molecule has 2 rings (SSSR count). The molecule has 0 aliphatic rings. The first-order valence-corrected chi connectivity index (χ1v) is 7.19. The van der Waals surface area contributed by atoms with Gasteiger partial charge in [-0.15, -0.1) is 0 Å². The number of carbonyl (C=O) groups is 2. The second-order valence-electron chi connectivity index (χ2n) is 4.90. The highest BCUT2D eigenvalue weighted by atomic mass is 16.5. The summed E-state index contributed by atoms with van der Waals surface area (Å²) in [7, 11) is 1.55. The number of methoxy groups -OCH3 is 1. The fourth-order valence-electron chi connectivity index (χ4n) is 2.05. The highest BCUT2D eigenvalue weighted by molar-refractivity contribution is 5.97. The van der Waals surface area contributed by atoms with Crippen LogP contribution in [0.15, 0.2) is 48.7 Å². The van der Waals surface area contributed by atoms with E-state index in [-0.39, 0.29) is 18.4 Å². The van der Waals surface area contributed by atoms with E-state index < -0.39 is 0 Å². The Labute approximate surface area is 135 Å². The average molecular weight is 313 g/mol. The molecule has 1 aromatic carbocycles. The molecule has 0 unspecified atom stereocenters. The van der Waals surface area contributed by atoms with Crippen LogP contribution in [0.1, 0.15) is 12.6 Å². The standard InChI is InChI=1S/C17H19N3O3/c1-13(21)20(15-7-5-8-16(10-15)23-2)12-17(22)19-11-14-6-3-4-9-18-14/h3-10H,11-12H2,1-2H3,(H,19,22). The van der Waals surface area contributed by atoms with Crippen LogP contribution in [0.4, 0.5) is 5.69 Å². The number of aromatic nitrogens is 1. The molecule has 0 radical (unpaired) electrons. The van der Waals surface area contributed by atoms with E-state index in [4.69, 9.17) is 4.74 Å². The molecule has 0 atom stereocenters. The monoisotopic (exact) mass is 313 g/mol. The molecule has 6 heteroatoms. The van der Waals surface area contributed by atoms with Crippen LogP contribution >= 0.6 is 0 Å². The van der Waals surface area contributed by atoms with E-state index in [1.165, 1.54) is 11.8 Å². The van der Waals surface area contributed by atoms with Crippen LogP contribution in [0.5, 0.6) is 5.75 Å². The molecule has 6 nitrogen and oxygen atoms in total. The van der Waals surface area contributed by atoms with Crippen LogP contribution in [0.25, 0.3) is 0 Å². The Kier molecular flexibility index (Phi) is 5.68. The van der Waals surface area contributed by atoms with Gasteiger partial charge < -0.3 is 15.0 Å². The Morgan fingerprint density at radius 1 is 1.22 bits per heavy atom. The molecule has 2 amide bonds. The van der Waals surface area contributed by atoms with E-state index in [2.05, 4.69) is 10.3 Å². The van der Waals surface area contributed by atoms with Crippen molar-refractivity contribution in [2.75, 3.05) is 18.6 Å². The summed E-state index contributed by atoms with van der Waals surface area (Å²) < 4.78 is 5.15. The number of nitrogens with one attached hydrogen (secondary N) is 1. The largest absolute Gasteiger partial charge is 0.497 e. The summed E-state index contributed by atoms with van der Waals surface area (Å²) in [5.41, 5.74) is 1.38. The minimum Gasteiger partial charge on any atom is -0.497 e. The van der Waals surface area contributed by atoms with Crippen molar-refractivity contribution in [1.29, 1.82) is 0 Å². The number of ether oxygens (including phenoxy) is 1. The Morgan fingerprint density at radius 2 is 2.04 bits per heavy atom. The van der Waals surface area contributed by atoms with Gasteiger partial charge in [-0.3, -0.25) is 14.6 Å². The van der Waals surface area contributed by atoms with Crippen LogP contribution in [0, 0.1) is 0 Å². The molecule has 0 saturated heterocycles. The first-order chi connectivity index (χ1) is 11.1. The van der Waals surface area contributed by atoms with Gasteiger partial charge in [-0.2, -0.15) is 0 Å². The fourth-order valence-corrected chi connectivity index (χ4v) is 2.05. The lowest BCUT2D eigenvalue weighted by atomic mass is 10.2. The zero-order chi connectivity index (χ0) is 16.7. The molecule has 0 aliphatic heterocycles. The summed E-state index contributed by atoms with van der Waals surface area (Å²) in [6.07, 6.45) is 1.67. The number of carbonyl (C=O) groups excluding carboxylic acids is 2. The summed E-state index contributed by atoms with van der Waals surface area (Å²) in [5.74, 6) is 0.155. The van der Waals surface area contributed by atoms with Crippen LogP contribution in [-0.2, 0) is 16.1 Å². The van der Waals surface area contributed by atoms with Crippen molar-refractivity contribution in [3.63, 3.8) is 0 Å². The number of amides is 2. The maximum atomic E-state index is 12.1. The second kappa shape index (κ2) is 7.93. The molecule has 0 spiro atoms. The van der Waals surface area contributed by atoms with Crippen LogP contribution in [0.3, 0.4) is 0 Å². The highest BCUT2D eigenvalue weighted by Gasteiger charge is 2.16. The van der Waals surface area contributed by atoms with Gasteiger partial charge in [-0.05, 0) is 24.3 Å². The maximum Gasteiger partial charge on any atom is 0.240 e. The predicted molar refractivity (Wildman–Crippen MR) is 87.1 cm³/mol. The van der Waals surface area contributed by atoms with Crippen molar-refractivity contribution in [2.45, 2.75) is 13.5 Å². The average Bonchev–Trinajstić information content (AvgIpc) is 2.58. The molecule has 0 fully saturated rings. The summed E-state index contributed by atoms with van der Waals surface area (Å²) in [4.78, 5) is 29.5. The third-order valence-electron chi connectivity index (χ3n) is 3.24. The minimum atomic E-state index is -0.256. The van der Waals surface area contributed by atoms with Crippen molar-refractivity contribution >= 4 is 17.5 Å². The van der Waals surface area contributed by atoms with Gasteiger partial charge >= 0.3 is 0 Å². The number of hydrogen-bond acceptors (Lipinski definition) is 4. The van der Waals surface area contributed by atoms with Gasteiger partial charge in [0.1, 0.15) is 12.3 Å². The highest BCUT2D eigenvalue weighted by Crippen LogP contribution is 2.20. The maximum absolute atomic E-state index is 12.1. The zero-order valence-corrected chi connectivity index (χ0v) is 13.2. The SMILES string of the molecule is COc1cccc(N(CC(=O)NCc2ccccn2)C(C)=O)c1. The molecule has 0 aliphatic carbocycles. The van der Waals surface area contributed by atoms with E-state index in [1.807, 2.05) is 18.2 Å². The lowest BCUT2D eigenvalue weighted by Gasteiger charge is -2.21. The van der Waals surface area contributed by atoms with Crippen LogP contribution < -0.4 is 15.0 Å². The minimum absolute atomic E-state index is 0.0602. The van der Waals surface area contributed by atoms with Gasteiger partial charge in [0, 0.05) is 24.9 Å². The zero-order valence-electron chi connectivity index (χ0n) is 13.2. The normalized spacial score (nSPS) is 10.0. The van der Waals surface area contributed by atoms with Crippen LogP contribution in [0.2, 0.25) is 0 Å². The van der Waals surface area contributed by atoms with Crippen molar-refractivity contribution in [3.05, 3.63) is 54.4 Å². The lowest BCUT2D eigenvalue weighted by Crippen LogP contribution is -2.39. The summed E-state index contributed by atoms with van der Waals surface area (Å²) >= 11 is 0. The number of hydrogen-bond donors (Lipinski definition) is 1. The van der Waals surface area contributed by atoms with Gasteiger partial charge in [-0.25, -0.2) is 0 Å². The van der Waals surface area contributed by atoms with Gasteiger partial charge in [0.05, 0.1) is 19.3 Å². The van der Waals surface area contributed by atoms with Crippen molar-refractivity contribution in [2.24, 2.45) is 0 Å². The number of pyridine rings is 1. The summed E-state index contributed by atoms with van der Waals surface area (Å²) in [5, 5.41) is 2.76. The van der Waals surface area contributed by atoms with E-state index >= 15 is 0 Å². The molecule has 1 heterocycles. The summed E-state index contributed by atoms with van der Waals surface area (Å²) in [6.45, 7) is 1.68. The number of rotatable bonds is 6. The molecule has 2 aromatic rings. The molecule has 0 saturated carbocycles. The molecular weight excluding hydrogens is 294 g/mol. The molecule has 1 aromatic heterocycles. The Morgan fingerprint density at radius 3 is 2.70 bits per heavy atom. The molecular formula is C17H19N3O3. The first-order valence-electron chi connectivity index (χ1n) is 7.19. The van der Waals surface area contributed by atoms with Gasteiger partial charge in [0.2, 0.25) is 11.8 Å². The number of nitrogens with zero attached hydrogens (tertiary/aromatic N) is 2. The first kappa shape index (κ1) is 16.5. The number of anilines is 1. The molecule has 0 bridgehead atoms. The topological polar surface area (TPSA) is 71.5 Å². The third kappa shape index (κ3) is 4.81. The van der Waals surface area contributed by atoms with Gasteiger partial charge in [-0.1, -0.05) is 12.1 Å². The Balaban J connectivity index is 2.01. The predicted octanol–water partition coefficient (Wildman–Crippen LogP) is 1.76. The van der Waals surface area contributed by atoms with Gasteiger partial charge in [0.25, 0.3) is 0 Å². The summed E-state index contributed by atoms with van der Waals surface area (Å²) in [6, 6.07) is 12.5. The van der Waals surface area contributed by atoms with Crippen molar-refractivity contribution in [3.8, 4) is 5.75 Å². The number of benzene rings is 1. The van der Waals surface area contributed by atoms with Crippen molar-refractivity contribution < 1.29 is 14.3 Å².